The summed E-state index contributed by atoms with van der Waals surface area (Å²) >= 11 is 1.49. The summed E-state index contributed by atoms with van der Waals surface area (Å²) in [6.07, 6.45) is 4.52. The van der Waals surface area contributed by atoms with Crippen LogP contribution in [0.15, 0.2) is 23.7 Å². The van der Waals surface area contributed by atoms with Crippen LogP contribution >= 0.6 is 11.3 Å². The molecule has 1 aliphatic heterocycles. The molecule has 0 aliphatic carbocycles. The maximum atomic E-state index is 11.1. The van der Waals surface area contributed by atoms with Crippen LogP contribution in [0.1, 0.15) is 37.2 Å². The molecule has 1 atom stereocenters. The molecule has 1 N–H and O–H groups in total. The van der Waals surface area contributed by atoms with Gasteiger partial charge in [0.25, 0.3) is 0 Å². The first kappa shape index (κ1) is 14.3. The largest absolute Gasteiger partial charge is 0.353 e. The zero-order valence-corrected chi connectivity index (χ0v) is 13.2. The SMILES string of the molecule is CC(=O)Nc1nc(CN2CCCC2c2cccn2C)cs1. The van der Waals surface area contributed by atoms with Crippen molar-refractivity contribution in [1.29, 1.82) is 0 Å². The Morgan fingerprint density at radius 1 is 1.57 bits per heavy atom. The lowest BCUT2D eigenvalue weighted by Crippen LogP contribution is -2.24. The normalized spacial score (nSPS) is 19.0. The molecule has 1 aliphatic rings. The first-order valence-corrected chi connectivity index (χ1v) is 8.08. The fraction of sp³-hybridized carbons (Fsp3) is 0.467. The third kappa shape index (κ3) is 3.16. The van der Waals surface area contributed by atoms with Crippen LogP contribution in [0.5, 0.6) is 0 Å². The molecular formula is C15H20N4OS. The monoisotopic (exact) mass is 304 g/mol. The summed E-state index contributed by atoms with van der Waals surface area (Å²) < 4.78 is 2.20. The number of aryl methyl sites for hydroxylation is 1. The lowest BCUT2D eigenvalue weighted by Gasteiger charge is -2.24. The molecule has 0 bridgehead atoms. The molecular weight excluding hydrogens is 284 g/mol. The average molecular weight is 304 g/mol. The zero-order chi connectivity index (χ0) is 14.8. The highest BCUT2D eigenvalue weighted by Crippen LogP contribution is 2.33. The molecule has 2 aromatic rings. The fourth-order valence-electron chi connectivity index (χ4n) is 2.97. The summed E-state index contributed by atoms with van der Waals surface area (Å²) in [5, 5.41) is 5.46. The van der Waals surface area contributed by atoms with Gasteiger partial charge in [-0.05, 0) is 31.5 Å². The molecule has 0 aromatic carbocycles. The summed E-state index contributed by atoms with van der Waals surface area (Å²) in [6.45, 7) is 3.45. The summed E-state index contributed by atoms with van der Waals surface area (Å²) in [4.78, 5) is 18.0. The summed E-state index contributed by atoms with van der Waals surface area (Å²) in [5.74, 6) is -0.0706. The highest BCUT2D eigenvalue weighted by molar-refractivity contribution is 7.13. The Morgan fingerprint density at radius 3 is 3.14 bits per heavy atom. The van der Waals surface area contributed by atoms with Crippen LogP contribution in [0.2, 0.25) is 0 Å². The van der Waals surface area contributed by atoms with E-state index >= 15 is 0 Å². The van der Waals surface area contributed by atoms with Crippen molar-refractivity contribution >= 4 is 22.4 Å². The van der Waals surface area contributed by atoms with E-state index in [1.54, 1.807) is 0 Å². The third-order valence-electron chi connectivity index (χ3n) is 3.89. The molecule has 0 spiro atoms. The molecule has 3 rings (SSSR count). The number of hydrogen-bond donors (Lipinski definition) is 1. The van der Waals surface area contributed by atoms with Crippen molar-refractivity contribution in [3.8, 4) is 0 Å². The number of carbonyl (C=O) groups is 1. The summed E-state index contributed by atoms with van der Waals surface area (Å²) in [7, 11) is 2.10. The molecule has 5 nitrogen and oxygen atoms in total. The Kier molecular flexibility index (Phi) is 4.07. The number of nitrogens with one attached hydrogen (secondary N) is 1. The zero-order valence-electron chi connectivity index (χ0n) is 12.4. The van der Waals surface area contributed by atoms with Gasteiger partial charge in [-0.3, -0.25) is 9.69 Å². The van der Waals surface area contributed by atoms with Crippen molar-refractivity contribution in [1.82, 2.24) is 14.5 Å². The van der Waals surface area contributed by atoms with Crippen molar-refractivity contribution in [2.45, 2.75) is 32.4 Å². The van der Waals surface area contributed by atoms with Gasteiger partial charge in [0.05, 0.1) is 11.7 Å². The Labute approximate surface area is 128 Å². The number of anilines is 1. The van der Waals surface area contributed by atoms with Gasteiger partial charge >= 0.3 is 0 Å². The lowest BCUT2D eigenvalue weighted by molar-refractivity contribution is -0.114. The molecule has 1 saturated heterocycles. The van der Waals surface area contributed by atoms with Gasteiger partial charge in [0.1, 0.15) is 0 Å². The number of carbonyl (C=O) groups excluding carboxylic acids is 1. The van der Waals surface area contributed by atoms with E-state index in [1.165, 1.54) is 36.8 Å². The van der Waals surface area contributed by atoms with E-state index in [4.69, 9.17) is 0 Å². The minimum Gasteiger partial charge on any atom is -0.353 e. The Balaban J connectivity index is 1.70. The highest BCUT2D eigenvalue weighted by atomic mass is 32.1. The van der Waals surface area contributed by atoms with Crippen LogP contribution in [-0.4, -0.2) is 26.9 Å². The number of thiazole rings is 1. The second-order valence-electron chi connectivity index (χ2n) is 5.50. The van der Waals surface area contributed by atoms with Crippen LogP contribution in [0.4, 0.5) is 5.13 Å². The molecule has 112 valence electrons. The molecule has 21 heavy (non-hydrogen) atoms. The molecule has 6 heteroatoms. The van der Waals surface area contributed by atoms with Crippen LogP contribution in [0.25, 0.3) is 0 Å². The number of likely N-dealkylation sites (tertiary alicyclic amines) is 1. The van der Waals surface area contributed by atoms with Crippen LogP contribution in [0.3, 0.4) is 0 Å². The van der Waals surface area contributed by atoms with Crippen molar-refractivity contribution in [3.05, 3.63) is 35.1 Å². The number of amides is 1. The van der Waals surface area contributed by atoms with E-state index in [2.05, 4.69) is 45.1 Å². The van der Waals surface area contributed by atoms with Gasteiger partial charge in [0.2, 0.25) is 5.91 Å². The second kappa shape index (κ2) is 5.99. The molecule has 0 saturated carbocycles. The average Bonchev–Trinajstić information content (AvgIpc) is 3.11. The molecule has 1 fully saturated rings. The quantitative estimate of drug-likeness (QED) is 0.945. The number of hydrogen-bond acceptors (Lipinski definition) is 4. The predicted molar refractivity (Wildman–Crippen MR) is 84.2 cm³/mol. The molecule has 1 unspecified atom stereocenters. The first-order chi connectivity index (χ1) is 10.1. The van der Waals surface area contributed by atoms with Crippen molar-refractivity contribution in [2.75, 3.05) is 11.9 Å². The lowest BCUT2D eigenvalue weighted by atomic mass is 10.1. The number of nitrogens with zero attached hydrogens (tertiary/aromatic N) is 3. The molecule has 0 radical (unpaired) electrons. The molecule has 2 aromatic heterocycles. The smallest absolute Gasteiger partial charge is 0.223 e. The topological polar surface area (TPSA) is 50.2 Å². The van der Waals surface area contributed by atoms with E-state index in [-0.39, 0.29) is 5.91 Å². The predicted octanol–water partition coefficient (Wildman–Crippen LogP) is 2.78. The van der Waals surface area contributed by atoms with Crippen molar-refractivity contribution in [3.63, 3.8) is 0 Å². The van der Waals surface area contributed by atoms with Gasteiger partial charge < -0.3 is 9.88 Å². The Hall–Kier alpha value is -1.66. The van der Waals surface area contributed by atoms with Gasteiger partial charge in [-0.2, -0.15) is 0 Å². The summed E-state index contributed by atoms with van der Waals surface area (Å²) in [5.41, 5.74) is 2.40. The maximum absolute atomic E-state index is 11.1. The number of rotatable bonds is 4. The Morgan fingerprint density at radius 2 is 2.43 bits per heavy atom. The van der Waals surface area contributed by atoms with Crippen molar-refractivity contribution in [2.24, 2.45) is 7.05 Å². The minimum absolute atomic E-state index is 0.0706. The van der Waals surface area contributed by atoms with Gasteiger partial charge in [0.15, 0.2) is 5.13 Å². The van der Waals surface area contributed by atoms with Crippen LogP contribution in [-0.2, 0) is 18.4 Å². The van der Waals surface area contributed by atoms with Crippen LogP contribution < -0.4 is 5.32 Å². The standard InChI is InChI=1S/C15H20N4OS/c1-11(20)16-15-17-12(10-21-15)9-19-8-4-6-14(19)13-5-3-7-18(13)2/h3,5,7,10,14H,4,6,8-9H2,1-2H3,(H,16,17,20). The van der Waals surface area contributed by atoms with Gasteiger partial charge in [0, 0.05) is 37.8 Å². The molecule has 3 heterocycles. The van der Waals surface area contributed by atoms with Gasteiger partial charge in [-0.25, -0.2) is 4.98 Å². The van der Waals surface area contributed by atoms with E-state index in [1.807, 2.05) is 5.38 Å². The minimum atomic E-state index is -0.0706. The second-order valence-corrected chi connectivity index (χ2v) is 6.36. The third-order valence-corrected chi connectivity index (χ3v) is 4.70. The summed E-state index contributed by atoms with van der Waals surface area (Å²) in [6, 6.07) is 4.77. The Bertz CT molecular complexity index is 633. The van der Waals surface area contributed by atoms with Gasteiger partial charge in [-0.15, -0.1) is 11.3 Å². The number of aromatic nitrogens is 2. The maximum Gasteiger partial charge on any atom is 0.223 e. The van der Waals surface area contributed by atoms with E-state index in [9.17, 15) is 4.79 Å². The fourth-order valence-corrected chi connectivity index (χ4v) is 3.71. The van der Waals surface area contributed by atoms with Crippen molar-refractivity contribution < 1.29 is 4.79 Å². The first-order valence-electron chi connectivity index (χ1n) is 7.21. The highest BCUT2D eigenvalue weighted by Gasteiger charge is 2.28. The molecule has 1 amide bonds. The van der Waals surface area contributed by atoms with E-state index in [0.717, 1.165) is 18.8 Å². The van der Waals surface area contributed by atoms with Crippen LogP contribution in [0, 0.1) is 0 Å². The van der Waals surface area contributed by atoms with E-state index < -0.39 is 0 Å². The van der Waals surface area contributed by atoms with Gasteiger partial charge in [-0.1, -0.05) is 0 Å². The van der Waals surface area contributed by atoms with E-state index in [0.29, 0.717) is 11.2 Å².